The molecule has 120 valence electrons. The van der Waals surface area contributed by atoms with Crippen molar-refractivity contribution in [3.63, 3.8) is 0 Å². The number of oxime groups is 1. The molecule has 0 aliphatic carbocycles. The van der Waals surface area contributed by atoms with Gasteiger partial charge >= 0.3 is 0 Å². The summed E-state index contributed by atoms with van der Waals surface area (Å²) in [4.78, 5) is 21.6. The van der Waals surface area contributed by atoms with Gasteiger partial charge in [0.2, 0.25) is 6.10 Å². The van der Waals surface area contributed by atoms with E-state index in [0.29, 0.717) is 30.7 Å². The molecule has 0 saturated carbocycles. The van der Waals surface area contributed by atoms with Gasteiger partial charge in [0.15, 0.2) is 0 Å². The molecule has 2 heterocycles. The van der Waals surface area contributed by atoms with Gasteiger partial charge in [0.25, 0.3) is 5.91 Å². The highest BCUT2D eigenvalue weighted by molar-refractivity contribution is 7.09. The Morgan fingerprint density at radius 2 is 2.39 bits per heavy atom. The largest absolute Gasteiger partial charge is 0.382 e. The number of nitrogens with one attached hydrogen (secondary N) is 1. The maximum Gasteiger partial charge on any atom is 0.264 e. The molecule has 1 amide bonds. The molecule has 2 aromatic rings. The zero-order valence-corrected chi connectivity index (χ0v) is 13.4. The van der Waals surface area contributed by atoms with Crippen LogP contribution in [-0.2, 0) is 16.1 Å². The van der Waals surface area contributed by atoms with Crippen molar-refractivity contribution < 1.29 is 14.0 Å². The van der Waals surface area contributed by atoms with Crippen molar-refractivity contribution in [2.45, 2.75) is 25.9 Å². The Bertz CT molecular complexity index is 744. The predicted octanol–water partition coefficient (Wildman–Crippen LogP) is 2.44. The van der Waals surface area contributed by atoms with Crippen LogP contribution in [0.2, 0.25) is 0 Å². The second-order valence-electron chi connectivity index (χ2n) is 5.25. The summed E-state index contributed by atoms with van der Waals surface area (Å²) in [6, 6.07) is 6.10. The number of halogens is 1. The minimum Gasteiger partial charge on any atom is -0.382 e. The second-order valence-corrected chi connectivity index (χ2v) is 6.31. The van der Waals surface area contributed by atoms with Crippen LogP contribution in [0, 0.1) is 12.7 Å². The third kappa shape index (κ3) is 3.92. The van der Waals surface area contributed by atoms with Gasteiger partial charge in [-0.25, -0.2) is 9.37 Å². The van der Waals surface area contributed by atoms with Crippen molar-refractivity contribution >= 4 is 23.0 Å². The standard InChI is InChI=1S/C16H16FN3O2S/c1-10-19-13(9-23-10)5-6-18-16(21)15-8-14(20-22-15)11-3-2-4-12(17)7-11/h2-4,7,9,15H,5-6,8H2,1H3,(H,18,21). The molecule has 0 fully saturated rings. The third-order valence-electron chi connectivity index (χ3n) is 3.47. The lowest BCUT2D eigenvalue weighted by molar-refractivity contribution is -0.131. The fourth-order valence-corrected chi connectivity index (χ4v) is 2.95. The van der Waals surface area contributed by atoms with Gasteiger partial charge in [0.1, 0.15) is 5.82 Å². The molecule has 1 aliphatic rings. The van der Waals surface area contributed by atoms with E-state index in [9.17, 15) is 9.18 Å². The minimum atomic E-state index is -0.662. The molecule has 1 N–H and O–H groups in total. The van der Waals surface area contributed by atoms with Gasteiger partial charge in [0, 0.05) is 30.3 Å². The van der Waals surface area contributed by atoms with E-state index in [1.165, 1.54) is 12.1 Å². The van der Waals surface area contributed by atoms with Gasteiger partial charge in [-0.3, -0.25) is 4.79 Å². The van der Waals surface area contributed by atoms with E-state index >= 15 is 0 Å². The van der Waals surface area contributed by atoms with Crippen LogP contribution in [0.4, 0.5) is 4.39 Å². The Balaban J connectivity index is 1.48. The summed E-state index contributed by atoms with van der Waals surface area (Å²) < 4.78 is 13.2. The molecule has 23 heavy (non-hydrogen) atoms. The Hall–Kier alpha value is -2.28. The van der Waals surface area contributed by atoms with Gasteiger partial charge < -0.3 is 10.2 Å². The minimum absolute atomic E-state index is 0.216. The van der Waals surface area contributed by atoms with Crippen molar-refractivity contribution in [2.24, 2.45) is 5.16 Å². The molecule has 3 rings (SSSR count). The molecule has 7 heteroatoms. The van der Waals surface area contributed by atoms with Crippen LogP contribution in [-0.4, -0.2) is 29.3 Å². The summed E-state index contributed by atoms with van der Waals surface area (Å²) in [6.45, 7) is 2.45. The topological polar surface area (TPSA) is 63.6 Å². The van der Waals surface area contributed by atoms with E-state index in [4.69, 9.17) is 4.84 Å². The average Bonchev–Trinajstić information content (AvgIpc) is 3.16. The molecule has 0 bridgehead atoms. The van der Waals surface area contributed by atoms with Crippen LogP contribution in [0.15, 0.2) is 34.8 Å². The van der Waals surface area contributed by atoms with Crippen LogP contribution >= 0.6 is 11.3 Å². The van der Waals surface area contributed by atoms with E-state index in [1.807, 2.05) is 12.3 Å². The van der Waals surface area contributed by atoms with Crippen LogP contribution < -0.4 is 5.32 Å². The van der Waals surface area contributed by atoms with Crippen LogP contribution in [0.25, 0.3) is 0 Å². The molecule has 5 nitrogen and oxygen atoms in total. The number of aromatic nitrogens is 1. The van der Waals surface area contributed by atoms with Crippen LogP contribution in [0.5, 0.6) is 0 Å². The number of carbonyl (C=O) groups is 1. The molecule has 0 saturated heterocycles. The van der Waals surface area contributed by atoms with E-state index in [1.54, 1.807) is 23.5 Å². The second kappa shape index (κ2) is 6.87. The van der Waals surface area contributed by atoms with Crippen molar-refractivity contribution in [3.05, 3.63) is 51.7 Å². The molecular weight excluding hydrogens is 317 g/mol. The maximum atomic E-state index is 13.2. The van der Waals surface area contributed by atoms with Gasteiger partial charge in [0.05, 0.1) is 16.4 Å². The van der Waals surface area contributed by atoms with Crippen molar-refractivity contribution in [1.82, 2.24) is 10.3 Å². The van der Waals surface area contributed by atoms with E-state index in [2.05, 4.69) is 15.5 Å². The van der Waals surface area contributed by atoms with Crippen LogP contribution in [0.1, 0.15) is 22.7 Å². The molecular formula is C16H16FN3O2S. The lowest BCUT2D eigenvalue weighted by Gasteiger charge is -2.08. The van der Waals surface area contributed by atoms with Crippen LogP contribution in [0.3, 0.4) is 0 Å². The Morgan fingerprint density at radius 3 is 3.13 bits per heavy atom. The normalized spacial score (nSPS) is 16.8. The van der Waals surface area contributed by atoms with Gasteiger partial charge in [-0.1, -0.05) is 17.3 Å². The number of hydrogen-bond donors (Lipinski definition) is 1. The fraction of sp³-hybridized carbons (Fsp3) is 0.312. The Morgan fingerprint density at radius 1 is 1.52 bits per heavy atom. The quantitative estimate of drug-likeness (QED) is 0.914. The monoisotopic (exact) mass is 333 g/mol. The maximum absolute atomic E-state index is 13.2. The highest BCUT2D eigenvalue weighted by atomic mass is 32.1. The molecule has 1 unspecified atom stereocenters. The number of benzene rings is 1. The summed E-state index contributed by atoms with van der Waals surface area (Å²) in [7, 11) is 0. The van der Waals surface area contributed by atoms with Gasteiger partial charge in [-0.05, 0) is 19.1 Å². The number of amides is 1. The summed E-state index contributed by atoms with van der Waals surface area (Å²) in [5.41, 5.74) is 2.19. The summed E-state index contributed by atoms with van der Waals surface area (Å²) in [5, 5.41) is 9.71. The van der Waals surface area contributed by atoms with Crippen molar-refractivity contribution in [1.29, 1.82) is 0 Å². The molecule has 0 radical (unpaired) electrons. The Kier molecular flexibility index (Phi) is 4.66. The highest BCUT2D eigenvalue weighted by Gasteiger charge is 2.28. The summed E-state index contributed by atoms with van der Waals surface area (Å²) in [5.74, 6) is -0.552. The first kappa shape index (κ1) is 15.6. The molecule has 1 aromatic carbocycles. The lowest BCUT2D eigenvalue weighted by atomic mass is 10.0. The average molecular weight is 333 g/mol. The fourth-order valence-electron chi connectivity index (χ4n) is 2.31. The highest BCUT2D eigenvalue weighted by Crippen LogP contribution is 2.17. The molecule has 1 atom stereocenters. The van der Waals surface area contributed by atoms with Gasteiger partial charge in [-0.15, -0.1) is 11.3 Å². The predicted molar refractivity (Wildman–Crippen MR) is 86.0 cm³/mol. The van der Waals surface area contributed by atoms with E-state index in [0.717, 1.165) is 10.7 Å². The summed E-state index contributed by atoms with van der Waals surface area (Å²) >= 11 is 1.59. The van der Waals surface area contributed by atoms with Crippen molar-refractivity contribution in [2.75, 3.05) is 6.54 Å². The smallest absolute Gasteiger partial charge is 0.264 e. The lowest BCUT2D eigenvalue weighted by Crippen LogP contribution is -2.36. The van der Waals surface area contributed by atoms with E-state index in [-0.39, 0.29) is 11.7 Å². The number of nitrogens with zero attached hydrogens (tertiary/aromatic N) is 2. The number of aryl methyl sites for hydroxylation is 1. The first-order valence-corrected chi connectivity index (χ1v) is 8.17. The van der Waals surface area contributed by atoms with Gasteiger partial charge in [-0.2, -0.15) is 0 Å². The SMILES string of the molecule is Cc1nc(CCNC(=O)C2CC(c3cccc(F)c3)=NO2)cs1. The zero-order chi connectivity index (χ0) is 16.2. The van der Waals surface area contributed by atoms with Crippen molar-refractivity contribution in [3.8, 4) is 0 Å². The van der Waals surface area contributed by atoms with E-state index < -0.39 is 6.10 Å². The first-order chi connectivity index (χ1) is 11.1. The first-order valence-electron chi connectivity index (χ1n) is 7.29. The number of rotatable bonds is 5. The number of carbonyl (C=O) groups excluding carboxylic acids is 1. The third-order valence-corrected chi connectivity index (χ3v) is 4.29. The molecule has 1 aliphatic heterocycles. The number of thiazole rings is 1. The molecule has 1 aromatic heterocycles. The summed E-state index contributed by atoms with van der Waals surface area (Å²) in [6.07, 6.45) is 0.358. The molecule has 0 spiro atoms. The Labute approximate surface area is 137 Å². The number of hydrogen-bond acceptors (Lipinski definition) is 5. The zero-order valence-electron chi connectivity index (χ0n) is 12.6.